The van der Waals surface area contributed by atoms with Crippen LogP contribution in [0.25, 0.3) is 0 Å². The number of carboxylic acids is 1. The van der Waals surface area contributed by atoms with E-state index < -0.39 is 23.9 Å². The van der Waals surface area contributed by atoms with E-state index in [2.05, 4.69) is 10.1 Å². The molecular weight excluding hydrogens is 278 g/mol. The van der Waals surface area contributed by atoms with E-state index in [1.807, 2.05) is 0 Å². The average Bonchev–Trinajstić information content (AvgIpc) is 2.45. The van der Waals surface area contributed by atoms with Gasteiger partial charge in [-0.15, -0.1) is 0 Å². The Labute approximate surface area is 121 Å². The minimum atomic E-state index is -1.21. The molecule has 0 unspecified atom stereocenters. The van der Waals surface area contributed by atoms with Gasteiger partial charge in [0.1, 0.15) is 11.8 Å². The molecule has 1 amide bonds. The summed E-state index contributed by atoms with van der Waals surface area (Å²) in [5, 5.41) is 20.5. The van der Waals surface area contributed by atoms with Crippen molar-refractivity contribution in [3.8, 4) is 5.75 Å². The molecule has 114 valence electrons. The van der Waals surface area contributed by atoms with Gasteiger partial charge in [0, 0.05) is 6.42 Å². The van der Waals surface area contributed by atoms with Crippen molar-refractivity contribution >= 4 is 17.8 Å². The maximum absolute atomic E-state index is 11.8. The lowest BCUT2D eigenvalue weighted by Gasteiger charge is -2.14. The average molecular weight is 295 g/mol. The van der Waals surface area contributed by atoms with Gasteiger partial charge in [-0.05, 0) is 24.1 Å². The highest BCUT2D eigenvalue weighted by Crippen LogP contribution is 2.10. The molecule has 0 aliphatic carbocycles. The number of methoxy groups -OCH3 is 1. The van der Waals surface area contributed by atoms with Gasteiger partial charge < -0.3 is 20.3 Å². The van der Waals surface area contributed by atoms with Crippen LogP contribution in [0, 0.1) is 0 Å². The van der Waals surface area contributed by atoms with Gasteiger partial charge in [-0.3, -0.25) is 9.59 Å². The molecule has 0 aliphatic heterocycles. The monoisotopic (exact) mass is 295 g/mol. The van der Waals surface area contributed by atoms with Crippen LogP contribution in [0.2, 0.25) is 0 Å². The first-order valence-corrected chi connectivity index (χ1v) is 6.29. The number of hydrogen-bond acceptors (Lipinski definition) is 5. The zero-order valence-corrected chi connectivity index (χ0v) is 11.5. The van der Waals surface area contributed by atoms with Crippen LogP contribution in [0.4, 0.5) is 0 Å². The van der Waals surface area contributed by atoms with Gasteiger partial charge in [-0.2, -0.15) is 0 Å². The summed E-state index contributed by atoms with van der Waals surface area (Å²) >= 11 is 0. The van der Waals surface area contributed by atoms with Crippen LogP contribution in [0.1, 0.15) is 18.4 Å². The molecule has 7 heteroatoms. The van der Waals surface area contributed by atoms with E-state index in [1.54, 1.807) is 12.1 Å². The van der Waals surface area contributed by atoms with Crippen molar-refractivity contribution in [2.45, 2.75) is 25.3 Å². The number of carboxylic acid groups (broad SMARTS) is 1. The lowest BCUT2D eigenvalue weighted by atomic mass is 10.1. The second kappa shape index (κ2) is 7.88. The number of aromatic hydroxyl groups is 1. The third kappa shape index (κ3) is 5.94. The molecule has 21 heavy (non-hydrogen) atoms. The molecule has 0 spiro atoms. The molecule has 1 rings (SSSR count). The van der Waals surface area contributed by atoms with Crippen LogP contribution in [0.5, 0.6) is 5.75 Å². The number of amides is 1. The molecule has 1 aromatic carbocycles. The number of hydrogen-bond donors (Lipinski definition) is 3. The van der Waals surface area contributed by atoms with Gasteiger partial charge in [-0.25, -0.2) is 4.79 Å². The van der Waals surface area contributed by atoms with Crippen molar-refractivity contribution in [2.75, 3.05) is 7.11 Å². The fourth-order valence-corrected chi connectivity index (χ4v) is 1.67. The number of aliphatic carboxylic acids is 1. The van der Waals surface area contributed by atoms with E-state index in [0.717, 1.165) is 0 Å². The molecule has 1 atom stereocenters. The Morgan fingerprint density at radius 2 is 1.86 bits per heavy atom. The van der Waals surface area contributed by atoms with Crippen LogP contribution < -0.4 is 5.32 Å². The second-order valence-electron chi connectivity index (χ2n) is 4.42. The topological polar surface area (TPSA) is 113 Å². The molecule has 0 fully saturated rings. The number of benzene rings is 1. The molecular formula is C14H17NO6. The van der Waals surface area contributed by atoms with Crippen molar-refractivity contribution in [2.24, 2.45) is 0 Å². The summed E-state index contributed by atoms with van der Waals surface area (Å²) in [5.41, 5.74) is 0.641. The zero-order chi connectivity index (χ0) is 15.8. The Kier molecular flexibility index (Phi) is 6.19. The van der Waals surface area contributed by atoms with E-state index >= 15 is 0 Å². The predicted molar refractivity (Wildman–Crippen MR) is 72.6 cm³/mol. The molecule has 0 aromatic heterocycles. The normalized spacial score (nSPS) is 11.5. The molecule has 0 bridgehead atoms. The maximum atomic E-state index is 11.8. The summed E-state index contributed by atoms with van der Waals surface area (Å²) in [4.78, 5) is 33.8. The van der Waals surface area contributed by atoms with E-state index in [9.17, 15) is 14.4 Å². The Bertz CT molecular complexity index is 511. The summed E-state index contributed by atoms with van der Waals surface area (Å²) in [6.45, 7) is 0. The highest BCUT2D eigenvalue weighted by atomic mass is 16.5. The third-order valence-corrected chi connectivity index (χ3v) is 2.80. The largest absolute Gasteiger partial charge is 0.508 e. The van der Waals surface area contributed by atoms with Gasteiger partial charge in [0.05, 0.1) is 13.5 Å². The number of phenols is 1. The third-order valence-electron chi connectivity index (χ3n) is 2.80. The smallest absolute Gasteiger partial charge is 0.326 e. The molecule has 0 saturated carbocycles. The Morgan fingerprint density at radius 1 is 1.24 bits per heavy atom. The standard InChI is InChI=1S/C14H17NO6/c1-21-13(18)7-6-11(14(19)20)15-12(17)8-9-2-4-10(16)5-3-9/h2-5,11,16H,6-8H2,1H3,(H,15,17)(H,19,20)/t11-/m0/s1. The molecule has 7 nitrogen and oxygen atoms in total. The van der Waals surface area contributed by atoms with Gasteiger partial charge in [0.15, 0.2) is 0 Å². The summed E-state index contributed by atoms with van der Waals surface area (Å²) in [6, 6.07) is 4.87. The van der Waals surface area contributed by atoms with Crippen molar-refractivity contribution in [3.05, 3.63) is 29.8 Å². The lowest BCUT2D eigenvalue weighted by Crippen LogP contribution is -2.41. The molecule has 0 saturated heterocycles. The fraction of sp³-hybridized carbons (Fsp3) is 0.357. The van der Waals surface area contributed by atoms with E-state index in [1.165, 1.54) is 19.2 Å². The Hall–Kier alpha value is -2.57. The first-order chi connectivity index (χ1) is 9.92. The van der Waals surface area contributed by atoms with Crippen molar-refractivity contribution < 1.29 is 29.3 Å². The summed E-state index contributed by atoms with van der Waals surface area (Å²) in [5.74, 6) is -2.13. The van der Waals surface area contributed by atoms with E-state index in [-0.39, 0.29) is 25.0 Å². The highest BCUT2D eigenvalue weighted by molar-refractivity contribution is 5.85. The summed E-state index contributed by atoms with van der Waals surface area (Å²) in [7, 11) is 1.21. The summed E-state index contributed by atoms with van der Waals surface area (Å²) in [6.07, 6.45) is -0.140. The van der Waals surface area contributed by atoms with E-state index in [4.69, 9.17) is 10.2 Å². The number of nitrogens with one attached hydrogen (secondary N) is 1. The second-order valence-corrected chi connectivity index (χ2v) is 4.42. The van der Waals surface area contributed by atoms with Crippen molar-refractivity contribution in [1.29, 1.82) is 0 Å². The van der Waals surface area contributed by atoms with E-state index in [0.29, 0.717) is 5.56 Å². The number of rotatable bonds is 7. The Morgan fingerprint density at radius 3 is 2.38 bits per heavy atom. The summed E-state index contributed by atoms with van der Waals surface area (Å²) < 4.78 is 4.42. The Balaban J connectivity index is 2.54. The minimum absolute atomic E-state index is 0.0116. The first-order valence-electron chi connectivity index (χ1n) is 6.29. The van der Waals surface area contributed by atoms with Gasteiger partial charge >= 0.3 is 11.9 Å². The highest BCUT2D eigenvalue weighted by Gasteiger charge is 2.21. The van der Waals surface area contributed by atoms with Crippen molar-refractivity contribution in [1.82, 2.24) is 5.32 Å². The quantitative estimate of drug-likeness (QED) is 0.630. The SMILES string of the molecule is COC(=O)CC[C@H](NC(=O)Cc1ccc(O)cc1)C(=O)O. The molecule has 3 N–H and O–H groups in total. The molecule has 0 radical (unpaired) electrons. The van der Waals surface area contributed by atoms with Gasteiger partial charge in [-0.1, -0.05) is 12.1 Å². The number of carbonyl (C=O) groups is 3. The van der Waals surface area contributed by atoms with Crippen molar-refractivity contribution in [3.63, 3.8) is 0 Å². The van der Waals surface area contributed by atoms with Gasteiger partial charge in [0.25, 0.3) is 0 Å². The lowest BCUT2D eigenvalue weighted by molar-refractivity contribution is -0.144. The van der Waals surface area contributed by atoms with Crippen LogP contribution >= 0.6 is 0 Å². The molecule has 1 aromatic rings. The zero-order valence-electron chi connectivity index (χ0n) is 11.5. The van der Waals surface area contributed by atoms with Crippen LogP contribution in [0.3, 0.4) is 0 Å². The number of esters is 1. The first kappa shape index (κ1) is 16.5. The number of phenolic OH excluding ortho intramolecular Hbond substituents is 1. The number of ether oxygens (including phenoxy) is 1. The van der Waals surface area contributed by atoms with Gasteiger partial charge in [0.2, 0.25) is 5.91 Å². The molecule has 0 aliphatic rings. The van der Waals surface area contributed by atoms with Crippen LogP contribution in [0.15, 0.2) is 24.3 Å². The number of carbonyl (C=O) groups excluding carboxylic acids is 2. The fourth-order valence-electron chi connectivity index (χ4n) is 1.67. The molecule has 0 heterocycles. The van der Waals surface area contributed by atoms with Crippen LogP contribution in [-0.2, 0) is 25.5 Å². The minimum Gasteiger partial charge on any atom is -0.508 e. The van der Waals surface area contributed by atoms with Crippen LogP contribution in [-0.4, -0.2) is 41.2 Å². The maximum Gasteiger partial charge on any atom is 0.326 e. The predicted octanol–water partition coefficient (Wildman–Crippen LogP) is 0.457.